The number of hydrogen-bond acceptors (Lipinski definition) is 3. The van der Waals surface area contributed by atoms with Gasteiger partial charge in [0.1, 0.15) is 5.82 Å². The van der Waals surface area contributed by atoms with Gasteiger partial charge in [-0.2, -0.15) is 0 Å². The van der Waals surface area contributed by atoms with E-state index in [-0.39, 0.29) is 11.4 Å². The summed E-state index contributed by atoms with van der Waals surface area (Å²) in [6.45, 7) is 8.73. The predicted octanol–water partition coefficient (Wildman–Crippen LogP) is 3.66. The van der Waals surface area contributed by atoms with Crippen molar-refractivity contribution in [1.29, 1.82) is 0 Å². The van der Waals surface area contributed by atoms with E-state index in [1.165, 1.54) is 6.07 Å². The highest BCUT2D eigenvalue weighted by Gasteiger charge is 2.15. The average Bonchev–Trinajstić information content (AvgIpc) is 2.46. The lowest BCUT2D eigenvalue weighted by atomic mass is 10.1. The molecule has 1 rings (SSSR count). The summed E-state index contributed by atoms with van der Waals surface area (Å²) in [5, 5.41) is 3.31. The molecule has 0 amide bonds. The van der Waals surface area contributed by atoms with Crippen molar-refractivity contribution in [3.63, 3.8) is 0 Å². The number of benzene rings is 1. The molecule has 0 aliphatic rings. The van der Waals surface area contributed by atoms with Gasteiger partial charge in [-0.1, -0.05) is 13.0 Å². The Kier molecular flexibility index (Phi) is 7.86. The first kappa shape index (κ1) is 18.1. The van der Waals surface area contributed by atoms with E-state index in [1.54, 1.807) is 7.11 Å². The Morgan fingerprint density at radius 3 is 2.71 bits per heavy atom. The molecular formula is C17H28FNO2. The number of ether oxygens (including phenoxy) is 2. The van der Waals surface area contributed by atoms with Gasteiger partial charge in [-0.15, -0.1) is 0 Å². The maximum absolute atomic E-state index is 13.8. The normalized spacial score (nSPS) is 11.9. The molecule has 0 spiro atoms. The van der Waals surface area contributed by atoms with Crippen LogP contribution in [0.5, 0.6) is 0 Å². The third-order valence-electron chi connectivity index (χ3n) is 3.52. The van der Waals surface area contributed by atoms with Crippen LogP contribution in [-0.2, 0) is 22.6 Å². The Morgan fingerprint density at radius 1 is 1.29 bits per heavy atom. The minimum absolute atomic E-state index is 0.204. The van der Waals surface area contributed by atoms with Gasteiger partial charge in [-0.05, 0) is 50.9 Å². The summed E-state index contributed by atoms with van der Waals surface area (Å²) in [5.74, 6) is -0.208. The lowest BCUT2D eigenvalue weighted by Gasteiger charge is -2.22. The van der Waals surface area contributed by atoms with Crippen molar-refractivity contribution in [2.45, 2.75) is 52.4 Å². The smallest absolute Gasteiger partial charge is 0.128 e. The molecule has 4 heteroatoms. The molecule has 0 saturated heterocycles. The van der Waals surface area contributed by atoms with Gasteiger partial charge in [0.25, 0.3) is 0 Å². The van der Waals surface area contributed by atoms with Crippen LogP contribution in [0.3, 0.4) is 0 Å². The Morgan fingerprint density at radius 2 is 2.05 bits per heavy atom. The molecular weight excluding hydrogens is 269 g/mol. The van der Waals surface area contributed by atoms with Crippen molar-refractivity contribution in [2.24, 2.45) is 0 Å². The van der Waals surface area contributed by atoms with Crippen molar-refractivity contribution >= 4 is 0 Å². The number of rotatable bonds is 10. The van der Waals surface area contributed by atoms with Gasteiger partial charge in [-0.3, -0.25) is 0 Å². The summed E-state index contributed by atoms with van der Waals surface area (Å²) in [7, 11) is 1.69. The van der Waals surface area contributed by atoms with Crippen molar-refractivity contribution in [2.75, 3.05) is 20.3 Å². The standard InChI is InChI=1S/C17H28FNO2/c1-5-9-19-12-14-6-7-16(18)15(11-14)13-21-10-8-17(2,3)20-4/h6-7,11,19H,5,8-10,12-13H2,1-4H3. The fourth-order valence-corrected chi connectivity index (χ4v) is 1.86. The molecule has 0 heterocycles. The highest BCUT2D eigenvalue weighted by molar-refractivity contribution is 5.24. The third-order valence-corrected chi connectivity index (χ3v) is 3.52. The molecule has 0 aliphatic heterocycles. The van der Waals surface area contributed by atoms with Gasteiger partial charge in [0.15, 0.2) is 0 Å². The van der Waals surface area contributed by atoms with Gasteiger partial charge in [0.05, 0.1) is 12.2 Å². The van der Waals surface area contributed by atoms with Crippen LogP contribution in [0, 0.1) is 5.82 Å². The second-order valence-corrected chi connectivity index (χ2v) is 5.87. The van der Waals surface area contributed by atoms with E-state index < -0.39 is 0 Å². The average molecular weight is 297 g/mol. The quantitative estimate of drug-likeness (QED) is 0.669. The number of halogens is 1. The second kappa shape index (κ2) is 9.13. The molecule has 3 nitrogen and oxygen atoms in total. The van der Waals surface area contributed by atoms with E-state index in [0.717, 1.165) is 31.5 Å². The maximum Gasteiger partial charge on any atom is 0.128 e. The second-order valence-electron chi connectivity index (χ2n) is 5.87. The van der Waals surface area contributed by atoms with Crippen LogP contribution >= 0.6 is 0 Å². The molecule has 0 saturated carbocycles. The Labute approximate surface area is 127 Å². The third kappa shape index (κ3) is 7.02. The summed E-state index contributed by atoms with van der Waals surface area (Å²) in [6.07, 6.45) is 1.87. The van der Waals surface area contributed by atoms with Crippen LogP contribution in [0.2, 0.25) is 0 Å². The SMILES string of the molecule is CCCNCc1ccc(F)c(COCCC(C)(C)OC)c1. The molecule has 0 aromatic heterocycles. The summed E-state index contributed by atoms with van der Waals surface area (Å²) in [5.41, 5.74) is 1.49. The molecule has 0 unspecified atom stereocenters. The van der Waals surface area contributed by atoms with Crippen molar-refractivity contribution in [3.05, 3.63) is 35.1 Å². The molecule has 0 bridgehead atoms. The van der Waals surface area contributed by atoms with E-state index in [2.05, 4.69) is 12.2 Å². The molecule has 1 N–H and O–H groups in total. The minimum Gasteiger partial charge on any atom is -0.379 e. The Bertz CT molecular complexity index is 421. The zero-order valence-electron chi connectivity index (χ0n) is 13.7. The summed E-state index contributed by atoms with van der Waals surface area (Å²) in [4.78, 5) is 0. The predicted molar refractivity (Wildman–Crippen MR) is 83.8 cm³/mol. The van der Waals surface area contributed by atoms with Crippen molar-refractivity contribution in [1.82, 2.24) is 5.32 Å². The number of hydrogen-bond donors (Lipinski definition) is 1. The molecule has 1 aromatic rings. The van der Waals surface area contributed by atoms with Gasteiger partial charge < -0.3 is 14.8 Å². The number of methoxy groups -OCH3 is 1. The molecule has 1 aromatic carbocycles. The fourth-order valence-electron chi connectivity index (χ4n) is 1.86. The first-order chi connectivity index (χ1) is 9.98. The van der Waals surface area contributed by atoms with Gasteiger partial charge >= 0.3 is 0 Å². The first-order valence-corrected chi connectivity index (χ1v) is 7.59. The Hall–Kier alpha value is -0.970. The zero-order valence-corrected chi connectivity index (χ0v) is 13.7. The highest BCUT2D eigenvalue weighted by atomic mass is 19.1. The van der Waals surface area contributed by atoms with Crippen molar-refractivity contribution < 1.29 is 13.9 Å². The first-order valence-electron chi connectivity index (χ1n) is 7.59. The fraction of sp³-hybridized carbons (Fsp3) is 0.647. The molecule has 0 radical (unpaired) electrons. The van der Waals surface area contributed by atoms with E-state index in [1.807, 2.05) is 26.0 Å². The maximum atomic E-state index is 13.8. The highest BCUT2D eigenvalue weighted by Crippen LogP contribution is 2.15. The minimum atomic E-state index is -0.208. The molecule has 0 atom stereocenters. The lowest BCUT2D eigenvalue weighted by molar-refractivity contribution is -0.0127. The van der Waals surface area contributed by atoms with Crippen LogP contribution in [0.1, 0.15) is 44.7 Å². The lowest BCUT2D eigenvalue weighted by Crippen LogP contribution is -2.24. The molecule has 0 aliphatic carbocycles. The molecule has 0 fully saturated rings. The van der Waals surface area contributed by atoms with Crippen molar-refractivity contribution in [3.8, 4) is 0 Å². The topological polar surface area (TPSA) is 30.5 Å². The monoisotopic (exact) mass is 297 g/mol. The molecule has 21 heavy (non-hydrogen) atoms. The zero-order chi connectivity index (χ0) is 15.7. The number of nitrogens with one attached hydrogen (secondary N) is 1. The summed E-state index contributed by atoms with van der Waals surface area (Å²) < 4.78 is 24.7. The largest absolute Gasteiger partial charge is 0.379 e. The van der Waals surface area contributed by atoms with E-state index in [0.29, 0.717) is 18.8 Å². The molecule has 120 valence electrons. The van der Waals surface area contributed by atoms with E-state index in [9.17, 15) is 4.39 Å². The van der Waals surface area contributed by atoms with Gasteiger partial charge in [0, 0.05) is 25.8 Å². The van der Waals surface area contributed by atoms with E-state index >= 15 is 0 Å². The summed E-state index contributed by atoms with van der Waals surface area (Å²) in [6, 6.07) is 5.20. The van der Waals surface area contributed by atoms with Crippen LogP contribution in [0.15, 0.2) is 18.2 Å². The summed E-state index contributed by atoms with van der Waals surface area (Å²) >= 11 is 0. The van der Waals surface area contributed by atoms with Crippen LogP contribution in [-0.4, -0.2) is 25.9 Å². The van der Waals surface area contributed by atoms with Crippen LogP contribution in [0.25, 0.3) is 0 Å². The van der Waals surface area contributed by atoms with Gasteiger partial charge in [0.2, 0.25) is 0 Å². The van der Waals surface area contributed by atoms with E-state index in [4.69, 9.17) is 9.47 Å². The van der Waals surface area contributed by atoms with Crippen LogP contribution in [0.4, 0.5) is 4.39 Å². The Balaban J connectivity index is 2.44. The van der Waals surface area contributed by atoms with Gasteiger partial charge in [-0.25, -0.2) is 4.39 Å². The van der Waals surface area contributed by atoms with Crippen LogP contribution < -0.4 is 5.32 Å².